The number of pyridine rings is 1. The number of carbonyl (C=O) groups is 1. The van der Waals surface area contributed by atoms with E-state index in [4.69, 9.17) is 0 Å². The van der Waals surface area contributed by atoms with Gasteiger partial charge in [-0.2, -0.15) is 0 Å². The van der Waals surface area contributed by atoms with Crippen molar-refractivity contribution < 1.29 is 4.79 Å². The van der Waals surface area contributed by atoms with Gasteiger partial charge in [0.05, 0.1) is 0 Å². The molecule has 0 unspecified atom stereocenters. The first-order chi connectivity index (χ1) is 6.72. The zero-order valence-electron chi connectivity index (χ0n) is 8.19. The van der Waals surface area contributed by atoms with Crippen LogP contribution in [0.25, 0.3) is 0 Å². The summed E-state index contributed by atoms with van der Waals surface area (Å²) in [4.78, 5) is 22.0. The fourth-order valence-corrected chi connectivity index (χ4v) is 1.04. The second kappa shape index (κ2) is 5.21. The van der Waals surface area contributed by atoms with Gasteiger partial charge in [-0.25, -0.2) is 0 Å². The summed E-state index contributed by atoms with van der Waals surface area (Å²) in [7, 11) is 0. The van der Waals surface area contributed by atoms with Crippen molar-refractivity contribution in [3.63, 3.8) is 0 Å². The van der Waals surface area contributed by atoms with Crippen LogP contribution in [-0.4, -0.2) is 17.0 Å². The van der Waals surface area contributed by atoms with Gasteiger partial charge in [0.25, 0.3) is 0 Å². The summed E-state index contributed by atoms with van der Waals surface area (Å²) in [6.07, 6.45) is 4.14. The van der Waals surface area contributed by atoms with Crippen molar-refractivity contribution in [2.24, 2.45) is 0 Å². The van der Waals surface area contributed by atoms with E-state index < -0.39 is 0 Å². The van der Waals surface area contributed by atoms with Crippen LogP contribution in [0.2, 0.25) is 0 Å². The van der Waals surface area contributed by atoms with Crippen molar-refractivity contribution in [3.8, 4) is 0 Å². The fourth-order valence-electron chi connectivity index (χ4n) is 1.04. The Balaban J connectivity index is 2.48. The van der Waals surface area contributed by atoms with Gasteiger partial charge in [0.15, 0.2) is 5.43 Å². The number of hydrogen-bond acceptors (Lipinski definition) is 2. The van der Waals surface area contributed by atoms with Gasteiger partial charge < -0.3 is 9.88 Å². The van der Waals surface area contributed by atoms with Crippen LogP contribution >= 0.6 is 0 Å². The van der Waals surface area contributed by atoms with Crippen LogP contribution in [0.4, 0.5) is 0 Å². The minimum absolute atomic E-state index is 0.0319. The number of amides is 1. The predicted molar refractivity (Wildman–Crippen MR) is 54.0 cm³/mol. The van der Waals surface area contributed by atoms with Crippen LogP contribution in [0.5, 0.6) is 0 Å². The van der Waals surface area contributed by atoms with Gasteiger partial charge in [-0.05, 0) is 6.42 Å². The third-order valence-electron chi connectivity index (χ3n) is 1.76. The number of rotatable bonds is 4. The lowest BCUT2D eigenvalue weighted by Gasteiger charge is -2.05. The summed E-state index contributed by atoms with van der Waals surface area (Å²) in [6.45, 7) is 2.96. The number of carbonyl (C=O) groups excluding carboxylic acids is 1. The Bertz CT molecular complexity index is 337. The Kier molecular flexibility index (Phi) is 3.91. The molecule has 14 heavy (non-hydrogen) atoms. The number of nitrogens with one attached hydrogen (secondary N) is 1. The molecule has 1 rings (SSSR count). The van der Waals surface area contributed by atoms with E-state index in [1.165, 1.54) is 12.1 Å². The number of hydrogen-bond donors (Lipinski definition) is 1. The summed E-state index contributed by atoms with van der Waals surface area (Å²) in [5, 5.41) is 2.76. The first-order valence-electron chi connectivity index (χ1n) is 4.65. The highest BCUT2D eigenvalue weighted by Crippen LogP contribution is 1.84. The monoisotopic (exact) mass is 194 g/mol. The summed E-state index contributed by atoms with van der Waals surface area (Å²) in [5.41, 5.74) is -0.0461. The molecule has 4 heteroatoms. The molecule has 0 aliphatic rings. The van der Waals surface area contributed by atoms with Crippen LogP contribution in [0.1, 0.15) is 13.3 Å². The lowest BCUT2D eigenvalue weighted by Crippen LogP contribution is -2.28. The molecular formula is C10H14N2O2. The Morgan fingerprint density at radius 2 is 2.07 bits per heavy atom. The lowest BCUT2D eigenvalue weighted by atomic mass is 10.4. The molecule has 0 aromatic carbocycles. The van der Waals surface area contributed by atoms with Crippen molar-refractivity contribution in [1.29, 1.82) is 0 Å². The van der Waals surface area contributed by atoms with Crippen molar-refractivity contribution in [2.75, 3.05) is 6.54 Å². The van der Waals surface area contributed by atoms with Gasteiger partial charge in [-0.1, -0.05) is 6.92 Å². The number of aromatic nitrogens is 1. The molecule has 0 radical (unpaired) electrons. The van der Waals surface area contributed by atoms with Crippen LogP contribution in [0.15, 0.2) is 29.3 Å². The lowest BCUT2D eigenvalue weighted by molar-refractivity contribution is -0.121. The van der Waals surface area contributed by atoms with E-state index in [1.807, 2.05) is 6.92 Å². The molecule has 76 valence electrons. The molecule has 0 spiro atoms. The molecule has 0 atom stereocenters. The Hall–Kier alpha value is -1.58. The normalized spacial score (nSPS) is 9.79. The average molecular weight is 194 g/mol. The van der Waals surface area contributed by atoms with Gasteiger partial charge in [0, 0.05) is 31.1 Å². The van der Waals surface area contributed by atoms with Crippen LogP contribution in [0.3, 0.4) is 0 Å². The minimum Gasteiger partial charge on any atom is -0.355 e. The van der Waals surface area contributed by atoms with E-state index in [9.17, 15) is 9.59 Å². The van der Waals surface area contributed by atoms with Crippen molar-refractivity contribution >= 4 is 5.91 Å². The van der Waals surface area contributed by atoms with E-state index in [1.54, 1.807) is 17.0 Å². The van der Waals surface area contributed by atoms with Gasteiger partial charge in [-0.15, -0.1) is 0 Å². The molecule has 0 aliphatic heterocycles. The molecule has 1 aromatic rings. The standard InChI is InChI=1S/C10H14N2O2/c1-2-5-11-10(14)8-12-6-3-9(13)4-7-12/h3-4,6-7H,2,5,8H2,1H3,(H,11,14). The number of nitrogens with zero attached hydrogens (tertiary/aromatic N) is 1. The van der Waals surface area contributed by atoms with E-state index in [-0.39, 0.29) is 17.9 Å². The van der Waals surface area contributed by atoms with Crippen LogP contribution in [0, 0.1) is 0 Å². The Morgan fingerprint density at radius 3 is 2.64 bits per heavy atom. The summed E-state index contributed by atoms with van der Waals surface area (Å²) >= 11 is 0. The highest BCUT2D eigenvalue weighted by Gasteiger charge is 1.99. The summed E-state index contributed by atoms with van der Waals surface area (Å²) in [5.74, 6) is -0.0319. The van der Waals surface area contributed by atoms with Crippen LogP contribution < -0.4 is 10.7 Å². The third-order valence-corrected chi connectivity index (χ3v) is 1.76. The topological polar surface area (TPSA) is 51.1 Å². The molecule has 0 bridgehead atoms. The highest BCUT2D eigenvalue weighted by molar-refractivity contribution is 5.75. The Labute approximate surface area is 82.6 Å². The Morgan fingerprint density at radius 1 is 1.43 bits per heavy atom. The van der Waals surface area contributed by atoms with Crippen molar-refractivity contribution in [2.45, 2.75) is 19.9 Å². The fraction of sp³-hybridized carbons (Fsp3) is 0.400. The molecule has 4 nitrogen and oxygen atoms in total. The maximum absolute atomic E-state index is 11.2. The van der Waals surface area contributed by atoms with Crippen molar-refractivity contribution in [1.82, 2.24) is 9.88 Å². The molecule has 1 amide bonds. The first-order valence-corrected chi connectivity index (χ1v) is 4.65. The van der Waals surface area contributed by atoms with Crippen molar-refractivity contribution in [3.05, 3.63) is 34.7 Å². The molecule has 1 N–H and O–H groups in total. The second-order valence-electron chi connectivity index (χ2n) is 3.06. The molecule has 0 saturated carbocycles. The molecular weight excluding hydrogens is 180 g/mol. The zero-order valence-corrected chi connectivity index (χ0v) is 8.19. The molecule has 0 aliphatic carbocycles. The quantitative estimate of drug-likeness (QED) is 0.753. The largest absolute Gasteiger partial charge is 0.355 e. The van der Waals surface area contributed by atoms with Gasteiger partial charge in [0.1, 0.15) is 6.54 Å². The van der Waals surface area contributed by atoms with E-state index in [0.717, 1.165) is 6.42 Å². The van der Waals surface area contributed by atoms with Gasteiger partial charge in [0.2, 0.25) is 5.91 Å². The first kappa shape index (κ1) is 10.5. The van der Waals surface area contributed by atoms with E-state index >= 15 is 0 Å². The SMILES string of the molecule is CCCNC(=O)Cn1ccc(=O)cc1. The third kappa shape index (κ3) is 3.43. The minimum atomic E-state index is -0.0461. The molecule has 1 heterocycles. The molecule has 0 saturated heterocycles. The van der Waals surface area contributed by atoms with E-state index in [0.29, 0.717) is 6.54 Å². The molecule has 1 aromatic heterocycles. The second-order valence-corrected chi connectivity index (χ2v) is 3.06. The maximum atomic E-state index is 11.2. The van der Waals surface area contributed by atoms with E-state index in [2.05, 4.69) is 5.32 Å². The highest BCUT2D eigenvalue weighted by atomic mass is 16.2. The summed E-state index contributed by atoms with van der Waals surface area (Å²) < 4.78 is 1.67. The van der Waals surface area contributed by atoms with Gasteiger partial charge in [-0.3, -0.25) is 9.59 Å². The zero-order chi connectivity index (χ0) is 10.4. The van der Waals surface area contributed by atoms with Gasteiger partial charge >= 0.3 is 0 Å². The predicted octanol–water partition coefficient (Wildman–Crippen LogP) is 0.374. The smallest absolute Gasteiger partial charge is 0.239 e. The average Bonchev–Trinajstić information content (AvgIpc) is 2.18. The summed E-state index contributed by atoms with van der Waals surface area (Å²) in [6, 6.07) is 2.88. The maximum Gasteiger partial charge on any atom is 0.239 e. The molecule has 0 fully saturated rings. The van der Waals surface area contributed by atoms with Crippen LogP contribution in [-0.2, 0) is 11.3 Å².